The Morgan fingerprint density at radius 1 is 1.47 bits per heavy atom. The normalized spacial score (nSPS) is 12.2. The smallest absolute Gasteiger partial charge is 0.249 e. The number of benzene rings is 1. The van der Waals surface area contributed by atoms with Crippen molar-refractivity contribution in [1.29, 1.82) is 0 Å². The zero-order chi connectivity index (χ0) is 13.8. The van der Waals surface area contributed by atoms with Gasteiger partial charge in [-0.2, -0.15) is 4.98 Å². The van der Waals surface area contributed by atoms with E-state index in [1.807, 2.05) is 18.2 Å². The zero-order valence-electron chi connectivity index (χ0n) is 10.7. The molecule has 0 radical (unpaired) electrons. The van der Waals surface area contributed by atoms with E-state index in [1.54, 1.807) is 19.9 Å². The Morgan fingerprint density at radius 2 is 2.21 bits per heavy atom. The first kappa shape index (κ1) is 13.5. The van der Waals surface area contributed by atoms with Gasteiger partial charge in [0.05, 0.1) is 5.02 Å². The maximum absolute atomic E-state index is 11.3. The number of hydrogen-bond acceptors (Lipinski definition) is 4. The maximum Gasteiger partial charge on any atom is 0.249 e. The predicted molar refractivity (Wildman–Crippen MR) is 71.6 cm³/mol. The number of aromatic nitrogens is 2. The number of halogens is 1. The Balaban J connectivity index is 2.20. The number of nitrogens with zero attached hydrogens (tertiary/aromatic N) is 2. The fraction of sp³-hybridized carbons (Fsp3) is 0.308. The van der Waals surface area contributed by atoms with Crippen molar-refractivity contribution in [2.24, 2.45) is 0 Å². The van der Waals surface area contributed by atoms with E-state index >= 15 is 0 Å². The van der Waals surface area contributed by atoms with Crippen LogP contribution in [-0.2, 0) is 4.79 Å². The molecule has 1 amide bonds. The van der Waals surface area contributed by atoms with Gasteiger partial charge in [0.2, 0.25) is 17.6 Å². The van der Waals surface area contributed by atoms with E-state index in [-0.39, 0.29) is 11.9 Å². The molecule has 0 aliphatic heterocycles. The number of amides is 1. The van der Waals surface area contributed by atoms with Crippen molar-refractivity contribution >= 4 is 17.5 Å². The van der Waals surface area contributed by atoms with Gasteiger partial charge in [0.1, 0.15) is 6.04 Å². The topological polar surface area (TPSA) is 68.0 Å². The van der Waals surface area contributed by atoms with E-state index in [0.717, 1.165) is 0 Å². The molecule has 19 heavy (non-hydrogen) atoms. The van der Waals surface area contributed by atoms with Gasteiger partial charge in [-0.25, -0.2) is 0 Å². The summed E-state index contributed by atoms with van der Waals surface area (Å²) in [6.45, 7) is 3.57. The second kappa shape index (κ2) is 5.84. The molecule has 0 bridgehead atoms. The highest BCUT2D eigenvalue weighted by Crippen LogP contribution is 2.25. The maximum atomic E-state index is 11.3. The van der Waals surface area contributed by atoms with Crippen molar-refractivity contribution in [2.75, 3.05) is 0 Å². The Morgan fingerprint density at radius 3 is 2.89 bits per heavy atom. The molecular weight excluding hydrogens is 266 g/mol. The third-order valence-corrected chi connectivity index (χ3v) is 2.96. The van der Waals surface area contributed by atoms with Gasteiger partial charge in [-0.15, -0.1) is 0 Å². The molecule has 6 heteroatoms. The molecule has 1 aromatic carbocycles. The van der Waals surface area contributed by atoms with Crippen LogP contribution in [-0.4, -0.2) is 16.0 Å². The fourth-order valence-corrected chi connectivity index (χ4v) is 1.79. The molecular formula is C13H14ClN3O2. The molecule has 2 aromatic rings. The third kappa shape index (κ3) is 3.12. The van der Waals surface area contributed by atoms with E-state index in [2.05, 4.69) is 15.5 Å². The average molecular weight is 280 g/mol. The molecule has 0 saturated heterocycles. The summed E-state index contributed by atoms with van der Waals surface area (Å²) >= 11 is 6.06. The minimum Gasteiger partial charge on any atom is -0.345 e. The van der Waals surface area contributed by atoms with Gasteiger partial charge >= 0.3 is 0 Å². The lowest BCUT2D eigenvalue weighted by atomic mass is 10.2. The van der Waals surface area contributed by atoms with Gasteiger partial charge in [0, 0.05) is 12.0 Å². The molecule has 0 aliphatic carbocycles. The summed E-state index contributed by atoms with van der Waals surface area (Å²) < 4.78 is 5.15. The van der Waals surface area contributed by atoms with E-state index < -0.39 is 0 Å². The Hall–Kier alpha value is -1.88. The first-order valence-electron chi connectivity index (χ1n) is 5.99. The van der Waals surface area contributed by atoms with Crippen molar-refractivity contribution in [2.45, 2.75) is 26.3 Å². The highest BCUT2D eigenvalue weighted by Gasteiger charge is 2.17. The van der Waals surface area contributed by atoms with Gasteiger partial charge < -0.3 is 9.84 Å². The summed E-state index contributed by atoms with van der Waals surface area (Å²) in [7, 11) is 0. The van der Waals surface area contributed by atoms with Crippen molar-refractivity contribution in [3.05, 3.63) is 35.2 Å². The Bertz CT molecular complexity index is 583. The second-order valence-electron chi connectivity index (χ2n) is 4.08. The Kier molecular flexibility index (Phi) is 4.16. The summed E-state index contributed by atoms with van der Waals surface area (Å²) in [5, 5.41) is 7.19. The first-order chi connectivity index (χ1) is 9.11. The van der Waals surface area contributed by atoms with Crippen LogP contribution < -0.4 is 5.32 Å². The van der Waals surface area contributed by atoms with E-state index in [0.29, 0.717) is 28.7 Å². The van der Waals surface area contributed by atoms with Crippen LogP contribution in [0.15, 0.2) is 28.8 Å². The zero-order valence-corrected chi connectivity index (χ0v) is 11.4. The summed E-state index contributed by atoms with van der Waals surface area (Å²) in [5.74, 6) is 0.708. The standard InChI is InChI=1S/C13H14ClN3O2/c1-3-11(18)15-8(2)13-16-12(17-19-13)9-6-4-5-7-10(9)14/h4-8H,3H2,1-2H3,(H,15,18)/t8-/m1/s1. The molecule has 0 fully saturated rings. The SMILES string of the molecule is CCC(=O)N[C@H](C)c1nc(-c2ccccc2Cl)no1. The molecule has 0 saturated carbocycles. The van der Waals surface area contributed by atoms with Crippen LogP contribution >= 0.6 is 11.6 Å². The number of hydrogen-bond donors (Lipinski definition) is 1. The molecule has 0 aliphatic rings. The molecule has 2 rings (SSSR count). The van der Waals surface area contributed by atoms with Crippen LogP contribution in [0, 0.1) is 0 Å². The molecule has 1 aromatic heterocycles. The molecule has 5 nitrogen and oxygen atoms in total. The third-order valence-electron chi connectivity index (χ3n) is 2.63. The average Bonchev–Trinajstić information content (AvgIpc) is 2.88. The lowest BCUT2D eigenvalue weighted by molar-refractivity contribution is -0.121. The summed E-state index contributed by atoms with van der Waals surface area (Å²) in [6.07, 6.45) is 0.413. The van der Waals surface area contributed by atoms with Gasteiger partial charge in [0.25, 0.3) is 0 Å². The van der Waals surface area contributed by atoms with Crippen LogP contribution in [0.3, 0.4) is 0 Å². The predicted octanol–water partition coefficient (Wildman–Crippen LogP) is 2.98. The number of nitrogens with one attached hydrogen (secondary N) is 1. The van der Waals surface area contributed by atoms with Crippen LogP contribution in [0.1, 0.15) is 32.2 Å². The lowest BCUT2D eigenvalue weighted by Crippen LogP contribution is -2.25. The highest BCUT2D eigenvalue weighted by molar-refractivity contribution is 6.33. The van der Waals surface area contributed by atoms with Crippen molar-refractivity contribution in [3.8, 4) is 11.4 Å². The highest BCUT2D eigenvalue weighted by atomic mass is 35.5. The van der Waals surface area contributed by atoms with Gasteiger partial charge in [-0.05, 0) is 19.1 Å². The molecule has 1 N–H and O–H groups in total. The van der Waals surface area contributed by atoms with Crippen molar-refractivity contribution in [3.63, 3.8) is 0 Å². The van der Waals surface area contributed by atoms with E-state index in [1.165, 1.54) is 0 Å². The monoisotopic (exact) mass is 279 g/mol. The van der Waals surface area contributed by atoms with Crippen LogP contribution in [0.5, 0.6) is 0 Å². The Labute approximate surface area is 116 Å². The van der Waals surface area contributed by atoms with Crippen LogP contribution in [0.2, 0.25) is 5.02 Å². The minimum atomic E-state index is -0.323. The molecule has 1 atom stereocenters. The van der Waals surface area contributed by atoms with Gasteiger partial charge in [-0.1, -0.05) is 35.8 Å². The minimum absolute atomic E-state index is 0.0648. The largest absolute Gasteiger partial charge is 0.345 e. The summed E-state index contributed by atoms with van der Waals surface area (Å²) in [5.41, 5.74) is 0.702. The van der Waals surface area contributed by atoms with E-state index in [9.17, 15) is 4.79 Å². The van der Waals surface area contributed by atoms with Crippen molar-refractivity contribution in [1.82, 2.24) is 15.5 Å². The van der Waals surface area contributed by atoms with Gasteiger partial charge in [-0.3, -0.25) is 4.79 Å². The number of carbonyl (C=O) groups is 1. The fourth-order valence-electron chi connectivity index (χ4n) is 1.57. The molecule has 0 unspecified atom stereocenters. The summed E-state index contributed by atoms with van der Waals surface area (Å²) in [6, 6.07) is 6.92. The summed E-state index contributed by atoms with van der Waals surface area (Å²) in [4.78, 5) is 15.6. The van der Waals surface area contributed by atoms with Crippen molar-refractivity contribution < 1.29 is 9.32 Å². The van der Waals surface area contributed by atoms with Crippen LogP contribution in [0.25, 0.3) is 11.4 Å². The van der Waals surface area contributed by atoms with Crippen LogP contribution in [0.4, 0.5) is 0 Å². The lowest BCUT2D eigenvalue weighted by Gasteiger charge is -2.07. The molecule has 0 spiro atoms. The molecule has 1 heterocycles. The number of carbonyl (C=O) groups excluding carboxylic acids is 1. The second-order valence-corrected chi connectivity index (χ2v) is 4.49. The quantitative estimate of drug-likeness (QED) is 0.934. The first-order valence-corrected chi connectivity index (χ1v) is 6.37. The van der Waals surface area contributed by atoms with Gasteiger partial charge in [0.15, 0.2) is 0 Å². The number of rotatable bonds is 4. The molecule has 100 valence electrons. The van der Waals surface area contributed by atoms with E-state index in [4.69, 9.17) is 16.1 Å².